The predicted molar refractivity (Wildman–Crippen MR) is 133 cm³/mol. The Morgan fingerprint density at radius 1 is 0.786 bits per heavy atom. The van der Waals surface area contributed by atoms with Crippen LogP contribution in [0.4, 0.5) is 30.7 Å². The Labute approximate surface area is 231 Å². The molecule has 0 radical (unpaired) electrons. The van der Waals surface area contributed by atoms with E-state index in [0.717, 1.165) is 34.9 Å². The third kappa shape index (κ3) is 4.91. The summed E-state index contributed by atoms with van der Waals surface area (Å²) in [7, 11) is -3.88. The molecule has 0 spiro atoms. The van der Waals surface area contributed by atoms with E-state index >= 15 is 0 Å². The smallest absolute Gasteiger partial charge is 0.339 e. The first-order chi connectivity index (χ1) is 19.8. The van der Waals surface area contributed by atoms with Gasteiger partial charge in [0.25, 0.3) is 5.56 Å². The van der Waals surface area contributed by atoms with Crippen LogP contribution < -0.4 is 14.5 Å². The maximum absolute atomic E-state index is 14.0. The van der Waals surface area contributed by atoms with Gasteiger partial charge in [-0.1, -0.05) is 6.07 Å². The summed E-state index contributed by atoms with van der Waals surface area (Å²) in [5.41, 5.74) is -0.653. The summed E-state index contributed by atoms with van der Waals surface area (Å²) < 4.78 is 132. The molecule has 42 heavy (non-hydrogen) atoms. The first-order valence-electron chi connectivity index (χ1n) is 11.4. The fraction of sp³-hybridized carbons (Fsp3) is 0.0370. The summed E-state index contributed by atoms with van der Waals surface area (Å²) in [5, 5.41) is 0.375. The Hall–Kier alpha value is -4.92. The second-order valence-corrected chi connectivity index (χ2v) is 10.1. The van der Waals surface area contributed by atoms with E-state index in [1.807, 2.05) is 0 Å². The molecule has 5 aromatic rings. The second-order valence-electron chi connectivity index (χ2n) is 8.57. The van der Waals surface area contributed by atoms with E-state index in [0.29, 0.717) is 6.07 Å². The molecule has 0 aliphatic rings. The van der Waals surface area contributed by atoms with E-state index < -0.39 is 67.0 Å². The van der Waals surface area contributed by atoms with Gasteiger partial charge in [-0.3, -0.25) is 14.3 Å². The van der Waals surface area contributed by atoms with Gasteiger partial charge in [0.1, 0.15) is 22.3 Å². The zero-order valence-electron chi connectivity index (χ0n) is 20.8. The van der Waals surface area contributed by atoms with Gasteiger partial charge in [-0.25, -0.2) is 22.0 Å². The highest BCUT2D eigenvalue weighted by atomic mass is 32.2. The summed E-state index contributed by atoms with van der Waals surface area (Å²) in [4.78, 5) is 16.4. The fourth-order valence-electron chi connectivity index (χ4n) is 4.08. The number of fused-ring (bicyclic) bond motifs is 1. The van der Waals surface area contributed by atoms with Gasteiger partial charge in [-0.05, 0) is 35.7 Å². The summed E-state index contributed by atoms with van der Waals surface area (Å²) in [6, 6.07) is 7.97. The minimum atomic E-state index is -5.13. The molecule has 5 rings (SSSR count). The van der Waals surface area contributed by atoms with Gasteiger partial charge in [0.05, 0.1) is 24.7 Å². The topological polar surface area (TPSA) is 87.5 Å². The van der Waals surface area contributed by atoms with Crippen molar-refractivity contribution in [1.82, 2.24) is 9.55 Å². The van der Waals surface area contributed by atoms with Crippen LogP contribution in [-0.2, 0) is 10.1 Å². The van der Waals surface area contributed by atoms with Crippen molar-refractivity contribution in [2.45, 2.75) is 4.90 Å². The number of hydrogen-bond acceptors (Lipinski definition) is 6. The largest absolute Gasteiger partial charge is 0.494 e. The highest BCUT2D eigenvalue weighted by molar-refractivity contribution is 7.87. The molecule has 0 unspecified atom stereocenters. The monoisotopic (exact) mass is 610 g/mol. The van der Waals surface area contributed by atoms with Crippen LogP contribution in [0.1, 0.15) is 0 Å². The molecule has 2 aromatic heterocycles. The van der Waals surface area contributed by atoms with E-state index in [-0.39, 0.29) is 33.5 Å². The molecule has 216 valence electrons. The third-order valence-electron chi connectivity index (χ3n) is 6.00. The Morgan fingerprint density at radius 2 is 1.40 bits per heavy atom. The molecule has 0 bridgehead atoms. The lowest BCUT2D eigenvalue weighted by Crippen LogP contribution is -2.18. The van der Waals surface area contributed by atoms with E-state index in [2.05, 4.69) is 9.17 Å². The van der Waals surface area contributed by atoms with Gasteiger partial charge in [0.15, 0.2) is 0 Å². The van der Waals surface area contributed by atoms with Gasteiger partial charge < -0.3 is 8.92 Å². The maximum Gasteiger partial charge on any atom is 0.339 e. The molecule has 0 fully saturated rings. The van der Waals surface area contributed by atoms with Crippen molar-refractivity contribution in [2.24, 2.45) is 0 Å². The molecule has 0 saturated heterocycles. The molecule has 0 saturated carbocycles. The SMILES string of the molecule is COc1cn(-c2cc(F)cc(F)c2)c(=O)cc1-c1nccc2cc(S(=O)(=O)Oc3c(F)c(F)c(F)c(F)c3F)ccc12. The van der Waals surface area contributed by atoms with E-state index in [1.54, 1.807) is 0 Å². The number of nitrogens with zero attached hydrogens (tertiary/aromatic N) is 2. The lowest BCUT2D eigenvalue weighted by Gasteiger charge is -2.14. The van der Waals surface area contributed by atoms with Crippen molar-refractivity contribution in [1.29, 1.82) is 0 Å². The Balaban J connectivity index is 1.59. The van der Waals surface area contributed by atoms with Gasteiger partial charge in [-0.2, -0.15) is 17.2 Å². The average molecular weight is 610 g/mol. The van der Waals surface area contributed by atoms with Crippen molar-refractivity contribution < 1.29 is 48.1 Å². The molecule has 0 amide bonds. The molecule has 2 heterocycles. The zero-order valence-corrected chi connectivity index (χ0v) is 21.6. The van der Waals surface area contributed by atoms with Gasteiger partial charge in [0, 0.05) is 29.3 Å². The van der Waals surface area contributed by atoms with Crippen LogP contribution in [0.2, 0.25) is 0 Å². The minimum Gasteiger partial charge on any atom is -0.494 e. The van der Waals surface area contributed by atoms with Crippen LogP contribution in [0.25, 0.3) is 27.7 Å². The highest BCUT2D eigenvalue weighted by Crippen LogP contribution is 2.35. The summed E-state index contributed by atoms with van der Waals surface area (Å²) in [6.45, 7) is 0. The van der Waals surface area contributed by atoms with E-state index in [1.165, 1.54) is 31.6 Å². The van der Waals surface area contributed by atoms with Crippen LogP contribution in [-0.4, -0.2) is 25.1 Å². The third-order valence-corrected chi connectivity index (χ3v) is 7.22. The molecule has 0 atom stereocenters. The van der Waals surface area contributed by atoms with Crippen LogP contribution in [0.3, 0.4) is 0 Å². The number of methoxy groups -OCH3 is 1. The van der Waals surface area contributed by atoms with E-state index in [4.69, 9.17) is 4.74 Å². The number of rotatable bonds is 6. The van der Waals surface area contributed by atoms with Crippen LogP contribution in [0, 0.1) is 40.7 Å². The zero-order chi connectivity index (χ0) is 30.5. The van der Waals surface area contributed by atoms with Crippen molar-refractivity contribution in [3.8, 4) is 28.4 Å². The molecule has 0 N–H and O–H groups in total. The molecular weight excluding hydrogens is 597 g/mol. The maximum atomic E-state index is 14.0. The van der Waals surface area contributed by atoms with Crippen LogP contribution in [0.15, 0.2) is 70.6 Å². The van der Waals surface area contributed by atoms with Gasteiger partial charge in [0.2, 0.25) is 34.8 Å². The number of pyridine rings is 2. The van der Waals surface area contributed by atoms with Crippen LogP contribution in [0.5, 0.6) is 11.5 Å². The first-order valence-corrected chi connectivity index (χ1v) is 12.9. The first kappa shape index (κ1) is 28.6. The summed E-state index contributed by atoms with van der Waals surface area (Å²) in [6.07, 6.45) is 2.40. The van der Waals surface area contributed by atoms with Crippen molar-refractivity contribution in [2.75, 3.05) is 7.11 Å². The average Bonchev–Trinajstić information content (AvgIpc) is 2.96. The molecule has 7 nitrogen and oxygen atoms in total. The minimum absolute atomic E-state index is 0.0330. The molecular formula is C27H13F7N2O5S. The second kappa shape index (κ2) is 10.5. The summed E-state index contributed by atoms with van der Waals surface area (Å²) >= 11 is 0. The van der Waals surface area contributed by atoms with Gasteiger partial charge >= 0.3 is 10.1 Å². The molecule has 3 aromatic carbocycles. The number of halogens is 7. The fourth-order valence-corrected chi connectivity index (χ4v) is 5.05. The number of hydrogen-bond donors (Lipinski definition) is 0. The lowest BCUT2D eigenvalue weighted by atomic mass is 10.0. The standard InChI is InChI=1S/C27H13F7N2O5S/c1-40-19-11-36(15-8-13(28)7-14(29)9-15)20(37)10-18(19)26-17-3-2-16(6-12(17)4-5-35-26)42(38,39)41-27-24(33)22(31)21(30)23(32)25(27)34/h2-11H,1H3. The lowest BCUT2D eigenvalue weighted by molar-refractivity contribution is 0.346. The molecule has 0 aliphatic carbocycles. The highest BCUT2D eigenvalue weighted by Gasteiger charge is 2.31. The van der Waals surface area contributed by atoms with Gasteiger partial charge in [-0.15, -0.1) is 0 Å². The predicted octanol–water partition coefficient (Wildman–Crippen LogP) is 5.80. The van der Waals surface area contributed by atoms with Crippen molar-refractivity contribution >= 4 is 20.9 Å². The molecule has 0 aliphatic heterocycles. The Kier molecular flexibility index (Phi) is 7.14. The van der Waals surface area contributed by atoms with E-state index in [9.17, 15) is 43.9 Å². The number of benzene rings is 3. The van der Waals surface area contributed by atoms with Crippen LogP contribution >= 0.6 is 0 Å². The quantitative estimate of drug-likeness (QED) is 0.105. The molecule has 15 heteroatoms. The van der Waals surface area contributed by atoms with Crippen molar-refractivity contribution in [3.05, 3.63) is 112 Å². The number of ether oxygens (including phenoxy) is 1. The Morgan fingerprint density at radius 3 is 2.02 bits per heavy atom. The summed E-state index contributed by atoms with van der Waals surface area (Å²) in [5.74, 6) is -16.1. The van der Waals surface area contributed by atoms with Crippen molar-refractivity contribution in [3.63, 3.8) is 0 Å². The Bertz CT molecular complexity index is 2040. The normalized spacial score (nSPS) is 11.6. The number of aromatic nitrogens is 2.